The standard InChI is InChI=1S/C10H5ClN2O6/c11-5-1-2-7(13(16)17)8(3-5)19-10-12-6(4-18-10)9(14)15/h1-4H,(H,14,15). The molecular weight excluding hydrogens is 280 g/mol. The first-order valence-electron chi connectivity index (χ1n) is 4.78. The van der Waals surface area contributed by atoms with E-state index in [2.05, 4.69) is 4.98 Å². The van der Waals surface area contributed by atoms with Gasteiger partial charge in [0.05, 0.1) is 4.92 Å². The van der Waals surface area contributed by atoms with Gasteiger partial charge in [0.1, 0.15) is 6.26 Å². The van der Waals surface area contributed by atoms with Crippen LogP contribution in [0.4, 0.5) is 5.69 Å². The third-order valence-electron chi connectivity index (χ3n) is 2.02. The summed E-state index contributed by atoms with van der Waals surface area (Å²) in [6.45, 7) is 0. The van der Waals surface area contributed by atoms with Gasteiger partial charge in [-0.05, 0) is 6.07 Å². The summed E-state index contributed by atoms with van der Waals surface area (Å²) >= 11 is 5.70. The number of nitro benzene ring substituents is 1. The quantitative estimate of drug-likeness (QED) is 0.677. The topological polar surface area (TPSA) is 116 Å². The van der Waals surface area contributed by atoms with Crippen LogP contribution in [0.5, 0.6) is 11.8 Å². The minimum Gasteiger partial charge on any atom is -0.476 e. The predicted octanol–water partition coefficient (Wildman–Crippen LogP) is 2.73. The van der Waals surface area contributed by atoms with E-state index in [1.54, 1.807) is 0 Å². The van der Waals surface area contributed by atoms with E-state index in [0.29, 0.717) is 0 Å². The van der Waals surface area contributed by atoms with E-state index in [9.17, 15) is 14.9 Å². The fraction of sp³-hybridized carbons (Fsp3) is 0. The van der Waals surface area contributed by atoms with Crippen molar-refractivity contribution in [3.05, 3.63) is 45.3 Å². The minimum atomic E-state index is -1.31. The zero-order valence-corrected chi connectivity index (χ0v) is 9.83. The Morgan fingerprint density at radius 1 is 1.53 bits per heavy atom. The summed E-state index contributed by atoms with van der Waals surface area (Å²) in [5.74, 6) is -1.50. The smallest absolute Gasteiger partial charge is 0.400 e. The van der Waals surface area contributed by atoms with Crippen LogP contribution in [0, 0.1) is 10.1 Å². The van der Waals surface area contributed by atoms with Crippen LogP contribution in [0.2, 0.25) is 5.02 Å². The van der Waals surface area contributed by atoms with Crippen molar-refractivity contribution in [2.45, 2.75) is 0 Å². The molecule has 8 nitrogen and oxygen atoms in total. The van der Waals surface area contributed by atoms with E-state index in [0.717, 1.165) is 12.3 Å². The molecular formula is C10H5ClN2O6. The lowest BCUT2D eigenvalue weighted by atomic mass is 10.3. The van der Waals surface area contributed by atoms with Crippen molar-refractivity contribution in [3.63, 3.8) is 0 Å². The number of oxazole rings is 1. The van der Waals surface area contributed by atoms with E-state index in [4.69, 9.17) is 25.9 Å². The summed E-state index contributed by atoms with van der Waals surface area (Å²) in [6.07, 6.45) is 0.427. The third-order valence-corrected chi connectivity index (χ3v) is 2.25. The lowest BCUT2D eigenvalue weighted by Gasteiger charge is -2.02. The lowest BCUT2D eigenvalue weighted by molar-refractivity contribution is -0.385. The average molecular weight is 285 g/mol. The minimum absolute atomic E-state index is 0.198. The van der Waals surface area contributed by atoms with Crippen LogP contribution in [-0.2, 0) is 0 Å². The van der Waals surface area contributed by atoms with Crippen LogP contribution in [0.3, 0.4) is 0 Å². The Balaban J connectivity index is 2.33. The van der Waals surface area contributed by atoms with Gasteiger partial charge in [0.2, 0.25) is 5.75 Å². The second-order valence-electron chi connectivity index (χ2n) is 3.28. The molecule has 0 saturated heterocycles. The van der Waals surface area contributed by atoms with Gasteiger partial charge in [0.15, 0.2) is 5.69 Å². The molecule has 0 spiro atoms. The van der Waals surface area contributed by atoms with Gasteiger partial charge in [0.25, 0.3) is 0 Å². The molecule has 2 aromatic rings. The zero-order valence-electron chi connectivity index (χ0n) is 9.07. The predicted molar refractivity (Wildman–Crippen MR) is 61.6 cm³/mol. The van der Waals surface area contributed by atoms with Crippen molar-refractivity contribution < 1.29 is 24.0 Å². The van der Waals surface area contributed by atoms with Crippen LogP contribution in [0.15, 0.2) is 28.9 Å². The number of aromatic carboxylic acids is 1. The van der Waals surface area contributed by atoms with Crippen molar-refractivity contribution in [1.29, 1.82) is 0 Å². The molecule has 98 valence electrons. The Bertz CT molecular complexity index is 653. The third kappa shape index (κ3) is 2.80. The Morgan fingerprint density at radius 3 is 2.84 bits per heavy atom. The Labute approximate surface area is 110 Å². The van der Waals surface area contributed by atoms with Gasteiger partial charge in [-0.2, -0.15) is 4.98 Å². The van der Waals surface area contributed by atoms with E-state index in [1.807, 2.05) is 0 Å². The first-order valence-corrected chi connectivity index (χ1v) is 5.16. The number of rotatable bonds is 4. The number of carbonyl (C=O) groups is 1. The molecule has 0 unspecified atom stereocenters. The molecule has 1 aromatic carbocycles. The molecule has 1 heterocycles. The van der Waals surface area contributed by atoms with Crippen LogP contribution in [0.1, 0.15) is 10.5 Å². The fourth-order valence-electron chi connectivity index (χ4n) is 1.22. The van der Waals surface area contributed by atoms with Gasteiger partial charge in [-0.3, -0.25) is 10.1 Å². The summed E-state index contributed by atoms with van der Waals surface area (Å²) in [4.78, 5) is 24.2. The van der Waals surface area contributed by atoms with Crippen molar-refractivity contribution in [2.75, 3.05) is 0 Å². The van der Waals surface area contributed by atoms with Gasteiger partial charge < -0.3 is 14.3 Å². The molecule has 0 saturated carbocycles. The van der Waals surface area contributed by atoms with E-state index < -0.39 is 17.0 Å². The van der Waals surface area contributed by atoms with Crippen LogP contribution in [-0.4, -0.2) is 21.0 Å². The van der Waals surface area contributed by atoms with Crippen LogP contribution >= 0.6 is 11.6 Å². The average Bonchev–Trinajstić information content (AvgIpc) is 2.77. The number of carboxylic acids is 1. The number of halogens is 1. The van der Waals surface area contributed by atoms with Gasteiger partial charge >= 0.3 is 17.7 Å². The molecule has 0 bridgehead atoms. The molecule has 0 aliphatic heterocycles. The molecule has 2 rings (SSSR count). The highest BCUT2D eigenvalue weighted by molar-refractivity contribution is 6.30. The Kier molecular flexibility index (Phi) is 3.34. The molecule has 0 aliphatic rings. The molecule has 0 aliphatic carbocycles. The van der Waals surface area contributed by atoms with Gasteiger partial charge in [-0.25, -0.2) is 4.79 Å². The van der Waals surface area contributed by atoms with Gasteiger partial charge in [-0.1, -0.05) is 11.6 Å². The maximum absolute atomic E-state index is 10.8. The van der Waals surface area contributed by atoms with Crippen molar-refractivity contribution in [2.24, 2.45) is 0 Å². The summed E-state index contributed by atoms with van der Waals surface area (Å²) < 4.78 is 9.74. The Morgan fingerprint density at radius 2 is 2.26 bits per heavy atom. The van der Waals surface area contributed by atoms with Crippen LogP contribution < -0.4 is 4.74 Å². The molecule has 1 aromatic heterocycles. The van der Waals surface area contributed by atoms with Crippen molar-refractivity contribution >= 4 is 23.3 Å². The second-order valence-corrected chi connectivity index (χ2v) is 3.71. The number of nitrogens with zero attached hydrogens (tertiary/aromatic N) is 2. The molecule has 19 heavy (non-hydrogen) atoms. The molecule has 0 radical (unpaired) electrons. The Hall–Kier alpha value is -2.61. The summed E-state index contributed by atoms with van der Waals surface area (Å²) in [6, 6.07) is 3.67. The first kappa shape index (κ1) is 12.8. The molecule has 0 atom stereocenters. The maximum atomic E-state index is 10.8. The van der Waals surface area contributed by atoms with E-state index >= 15 is 0 Å². The van der Waals surface area contributed by atoms with E-state index in [-0.39, 0.29) is 22.2 Å². The summed E-state index contributed by atoms with van der Waals surface area (Å²) in [5.41, 5.74) is -0.723. The highest BCUT2D eigenvalue weighted by Gasteiger charge is 2.19. The van der Waals surface area contributed by atoms with E-state index in [1.165, 1.54) is 12.1 Å². The molecule has 0 fully saturated rings. The van der Waals surface area contributed by atoms with Crippen LogP contribution in [0.25, 0.3) is 0 Å². The number of hydrogen-bond acceptors (Lipinski definition) is 6. The van der Waals surface area contributed by atoms with Crippen molar-refractivity contribution in [3.8, 4) is 11.8 Å². The number of aromatic nitrogens is 1. The number of nitro groups is 1. The maximum Gasteiger partial charge on any atom is 0.400 e. The highest BCUT2D eigenvalue weighted by atomic mass is 35.5. The zero-order chi connectivity index (χ0) is 14.0. The highest BCUT2D eigenvalue weighted by Crippen LogP contribution is 2.33. The first-order chi connectivity index (χ1) is 8.97. The molecule has 9 heteroatoms. The SMILES string of the molecule is O=C(O)c1coc(Oc2cc(Cl)ccc2[N+](=O)[O-])n1. The second kappa shape index (κ2) is 4.94. The van der Waals surface area contributed by atoms with Gasteiger partial charge in [0, 0.05) is 17.2 Å². The lowest BCUT2D eigenvalue weighted by Crippen LogP contribution is -1.97. The number of hydrogen-bond donors (Lipinski definition) is 1. The number of carboxylic acid groups (broad SMARTS) is 1. The number of benzene rings is 1. The normalized spacial score (nSPS) is 10.2. The molecule has 0 amide bonds. The summed E-state index contributed by atoms with van der Waals surface area (Å²) in [5, 5.41) is 19.6. The number of ether oxygens (including phenoxy) is 1. The van der Waals surface area contributed by atoms with Gasteiger partial charge in [-0.15, -0.1) is 0 Å². The molecule has 1 N–H and O–H groups in total. The fourth-order valence-corrected chi connectivity index (χ4v) is 1.38. The summed E-state index contributed by atoms with van der Waals surface area (Å²) in [7, 11) is 0. The van der Waals surface area contributed by atoms with Crippen molar-refractivity contribution in [1.82, 2.24) is 4.98 Å². The largest absolute Gasteiger partial charge is 0.476 e. The monoisotopic (exact) mass is 284 g/mol.